The lowest BCUT2D eigenvalue weighted by atomic mass is 10.0. The van der Waals surface area contributed by atoms with E-state index in [9.17, 15) is 23.1 Å². The van der Waals surface area contributed by atoms with Gasteiger partial charge in [0, 0.05) is 24.7 Å². The molecule has 1 aromatic carbocycles. The number of aliphatic carboxylic acids is 1. The van der Waals surface area contributed by atoms with Gasteiger partial charge in [-0.2, -0.15) is 4.31 Å². The summed E-state index contributed by atoms with van der Waals surface area (Å²) in [6.07, 6.45) is 1.89. The predicted octanol–water partition coefficient (Wildman–Crippen LogP) is 2.01. The second kappa shape index (κ2) is 8.18. The van der Waals surface area contributed by atoms with Crippen LogP contribution >= 0.6 is 0 Å². The molecule has 1 aliphatic rings. The summed E-state index contributed by atoms with van der Waals surface area (Å²) in [6, 6.07) is 4.05. The lowest BCUT2D eigenvalue weighted by Gasteiger charge is -2.20. The zero-order valence-electron chi connectivity index (χ0n) is 15.4. The molecule has 0 aliphatic heterocycles. The summed E-state index contributed by atoms with van der Waals surface area (Å²) in [6.45, 7) is 5.93. The van der Waals surface area contributed by atoms with Crippen LogP contribution in [0.2, 0.25) is 0 Å². The Bertz CT molecular complexity index is 787. The smallest absolute Gasteiger partial charge is 0.308 e. The van der Waals surface area contributed by atoms with Gasteiger partial charge in [-0.05, 0) is 37.5 Å². The van der Waals surface area contributed by atoms with Gasteiger partial charge in [-0.15, -0.1) is 0 Å². The third kappa shape index (κ3) is 4.07. The fourth-order valence-corrected chi connectivity index (χ4v) is 4.88. The molecular weight excluding hydrogens is 356 g/mol. The number of benzene rings is 1. The van der Waals surface area contributed by atoms with Gasteiger partial charge in [0.05, 0.1) is 10.8 Å². The molecule has 0 saturated heterocycles. The number of nitrogens with one attached hydrogen (secondary N) is 1. The van der Waals surface area contributed by atoms with Crippen molar-refractivity contribution in [2.24, 2.45) is 5.92 Å². The maximum absolute atomic E-state index is 12.7. The molecule has 1 amide bonds. The van der Waals surface area contributed by atoms with Crippen molar-refractivity contribution in [2.75, 3.05) is 13.1 Å². The average molecular weight is 382 g/mol. The molecule has 2 atom stereocenters. The number of carboxylic acids is 1. The maximum atomic E-state index is 12.7. The molecule has 0 radical (unpaired) electrons. The van der Waals surface area contributed by atoms with Crippen molar-refractivity contribution in [3.63, 3.8) is 0 Å². The Morgan fingerprint density at radius 3 is 2.46 bits per heavy atom. The molecule has 2 rings (SSSR count). The molecule has 26 heavy (non-hydrogen) atoms. The van der Waals surface area contributed by atoms with Crippen LogP contribution in [0.15, 0.2) is 23.1 Å². The Kier molecular flexibility index (Phi) is 6.41. The summed E-state index contributed by atoms with van der Waals surface area (Å²) >= 11 is 0. The van der Waals surface area contributed by atoms with Crippen LogP contribution in [-0.2, 0) is 14.8 Å². The Hall–Kier alpha value is -1.93. The Labute approximate surface area is 154 Å². The van der Waals surface area contributed by atoms with Gasteiger partial charge in [0.15, 0.2) is 0 Å². The van der Waals surface area contributed by atoms with E-state index in [0.29, 0.717) is 31.5 Å². The van der Waals surface area contributed by atoms with Crippen LogP contribution in [0.25, 0.3) is 0 Å². The molecule has 1 fully saturated rings. The molecule has 1 aliphatic carbocycles. The van der Waals surface area contributed by atoms with Crippen LogP contribution in [0.5, 0.6) is 0 Å². The number of amides is 1. The number of aryl methyl sites for hydroxylation is 1. The highest BCUT2D eigenvalue weighted by Crippen LogP contribution is 2.27. The fourth-order valence-electron chi connectivity index (χ4n) is 3.39. The third-order valence-electron chi connectivity index (χ3n) is 4.95. The molecule has 0 aromatic heterocycles. The van der Waals surface area contributed by atoms with Crippen molar-refractivity contribution >= 4 is 21.9 Å². The van der Waals surface area contributed by atoms with E-state index in [4.69, 9.17) is 0 Å². The highest BCUT2D eigenvalue weighted by molar-refractivity contribution is 7.89. The van der Waals surface area contributed by atoms with E-state index in [-0.39, 0.29) is 10.5 Å². The topological polar surface area (TPSA) is 104 Å². The van der Waals surface area contributed by atoms with Crippen LogP contribution < -0.4 is 5.32 Å². The molecule has 8 heteroatoms. The Balaban J connectivity index is 2.29. The second-order valence-electron chi connectivity index (χ2n) is 6.52. The second-order valence-corrected chi connectivity index (χ2v) is 8.46. The number of hydrogen-bond acceptors (Lipinski definition) is 4. The summed E-state index contributed by atoms with van der Waals surface area (Å²) < 4.78 is 26.7. The van der Waals surface area contributed by atoms with E-state index in [1.54, 1.807) is 26.8 Å². The third-order valence-corrected chi connectivity index (χ3v) is 6.99. The first-order valence-electron chi connectivity index (χ1n) is 8.86. The molecule has 7 nitrogen and oxygen atoms in total. The van der Waals surface area contributed by atoms with Crippen molar-refractivity contribution in [2.45, 2.75) is 51.0 Å². The van der Waals surface area contributed by atoms with E-state index in [1.807, 2.05) is 0 Å². The van der Waals surface area contributed by atoms with Gasteiger partial charge < -0.3 is 10.4 Å². The van der Waals surface area contributed by atoms with Gasteiger partial charge in [-0.3, -0.25) is 9.59 Å². The summed E-state index contributed by atoms with van der Waals surface area (Å²) in [7, 11) is -3.67. The van der Waals surface area contributed by atoms with E-state index >= 15 is 0 Å². The van der Waals surface area contributed by atoms with Crippen molar-refractivity contribution in [3.8, 4) is 0 Å². The molecule has 1 aromatic rings. The minimum Gasteiger partial charge on any atom is -0.481 e. The van der Waals surface area contributed by atoms with Gasteiger partial charge in [-0.1, -0.05) is 26.3 Å². The summed E-state index contributed by atoms with van der Waals surface area (Å²) in [5.41, 5.74) is 0.903. The lowest BCUT2D eigenvalue weighted by molar-refractivity contribution is -0.142. The molecule has 0 unspecified atom stereocenters. The molecule has 2 N–H and O–H groups in total. The van der Waals surface area contributed by atoms with Crippen LogP contribution in [-0.4, -0.2) is 48.8 Å². The summed E-state index contributed by atoms with van der Waals surface area (Å²) in [5, 5.41) is 12.0. The van der Waals surface area contributed by atoms with Crippen molar-refractivity contribution in [1.82, 2.24) is 9.62 Å². The normalized spacial score (nSPS) is 20.3. The van der Waals surface area contributed by atoms with Gasteiger partial charge in [-0.25, -0.2) is 8.42 Å². The van der Waals surface area contributed by atoms with E-state index in [1.165, 1.54) is 16.4 Å². The molecule has 0 bridgehead atoms. The Morgan fingerprint density at radius 1 is 1.23 bits per heavy atom. The zero-order chi connectivity index (χ0) is 19.5. The predicted molar refractivity (Wildman–Crippen MR) is 97.5 cm³/mol. The van der Waals surface area contributed by atoms with Crippen LogP contribution in [0.4, 0.5) is 0 Å². The zero-order valence-corrected chi connectivity index (χ0v) is 16.2. The quantitative estimate of drug-likeness (QED) is 0.751. The number of carbonyl (C=O) groups is 2. The first-order chi connectivity index (χ1) is 12.2. The van der Waals surface area contributed by atoms with Gasteiger partial charge in [0.25, 0.3) is 5.91 Å². The standard InChI is InChI=1S/C18H26N2O5S/c1-4-20(5-2)26(24,25)13-10-9-12(3)15(11-13)17(21)19-16-8-6-7-14(16)18(22)23/h9-11,14,16H,4-8H2,1-3H3,(H,19,21)(H,22,23)/t14-,16+/m0/s1. The van der Waals surface area contributed by atoms with Crippen LogP contribution in [0.3, 0.4) is 0 Å². The number of sulfonamides is 1. The van der Waals surface area contributed by atoms with Gasteiger partial charge in [0.2, 0.25) is 10.0 Å². The maximum Gasteiger partial charge on any atom is 0.308 e. The monoisotopic (exact) mass is 382 g/mol. The Morgan fingerprint density at radius 2 is 1.88 bits per heavy atom. The molecule has 144 valence electrons. The van der Waals surface area contributed by atoms with Gasteiger partial charge in [0.1, 0.15) is 0 Å². The lowest BCUT2D eigenvalue weighted by Crippen LogP contribution is -2.40. The van der Waals surface area contributed by atoms with Gasteiger partial charge >= 0.3 is 5.97 Å². The summed E-state index contributed by atoms with van der Waals surface area (Å²) in [4.78, 5) is 24.0. The number of hydrogen-bond donors (Lipinski definition) is 2. The van der Waals surface area contributed by atoms with E-state index < -0.39 is 33.9 Å². The largest absolute Gasteiger partial charge is 0.481 e. The highest BCUT2D eigenvalue weighted by Gasteiger charge is 2.34. The van der Waals surface area contributed by atoms with Crippen LogP contribution in [0.1, 0.15) is 49.0 Å². The van der Waals surface area contributed by atoms with Crippen molar-refractivity contribution in [3.05, 3.63) is 29.3 Å². The minimum absolute atomic E-state index is 0.0677. The van der Waals surface area contributed by atoms with Crippen molar-refractivity contribution in [1.29, 1.82) is 0 Å². The molecule has 0 heterocycles. The first-order valence-corrected chi connectivity index (χ1v) is 10.3. The molecule has 0 spiro atoms. The minimum atomic E-state index is -3.67. The number of rotatable bonds is 7. The molecule has 1 saturated carbocycles. The fraction of sp³-hybridized carbons (Fsp3) is 0.556. The SMILES string of the molecule is CCN(CC)S(=O)(=O)c1ccc(C)c(C(=O)N[C@@H]2CCC[C@@H]2C(=O)O)c1. The number of carbonyl (C=O) groups excluding carboxylic acids is 1. The number of nitrogens with zero attached hydrogens (tertiary/aromatic N) is 1. The highest BCUT2D eigenvalue weighted by atomic mass is 32.2. The van der Waals surface area contributed by atoms with E-state index in [2.05, 4.69) is 5.32 Å². The number of carboxylic acid groups (broad SMARTS) is 1. The van der Waals surface area contributed by atoms with Crippen molar-refractivity contribution < 1.29 is 23.1 Å². The van der Waals surface area contributed by atoms with Crippen LogP contribution in [0, 0.1) is 12.8 Å². The molecular formula is C18H26N2O5S. The summed E-state index contributed by atoms with van der Waals surface area (Å²) in [5.74, 6) is -1.94. The first kappa shape index (κ1) is 20.4. The average Bonchev–Trinajstić information content (AvgIpc) is 3.04. The van der Waals surface area contributed by atoms with E-state index in [0.717, 1.165) is 6.42 Å².